The number of hydrogen-bond acceptors (Lipinski definition) is 4. The molecule has 104 valence electrons. The molecule has 1 saturated carbocycles. The summed E-state index contributed by atoms with van der Waals surface area (Å²) in [4.78, 5) is 12.9. The van der Waals surface area contributed by atoms with E-state index in [9.17, 15) is 9.90 Å². The SMILES string of the molecule is O=Cc1ccc(CN2CCC3(O)CCCCC3C2)o1. The fraction of sp³-hybridized carbons (Fsp3) is 0.667. The summed E-state index contributed by atoms with van der Waals surface area (Å²) < 4.78 is 5.42. The van der Waals surface area contributed by atoms with Gasteiger partial charge in [0.05, 0.1) is 12.1 Å². The first-order valence-corrected chi connectivity index (χ1v) is 7.18. The third-order valence-corrected chi connectivity index (χ3v) is 4.69. The van der Waals surface area contributed by atoms with Gasteiger partial charge in [-0.3, -0.25) is 9.69 Å². The number of nitrogens with zero attached hydrogens (tertiary/aromatic N) is 1. The zero-order chi connectivity index (χ0) is 13.3. The number of rotatable bonds is 3. The van der Waals surface area contributed by atoms with Crippen LogP contribution in [0.1, 0.15) is 48.4 Å². The van der Waals surface area contributed by atoms with Gasteiger partial charge in [0, 0.05) is 19.0 Å². The van der Waals surface area contributed by atoms with Gasteiger partial charge in [-0.25, -0.2) is 0 Å². The lowest BCUT2D eigenvalue weighted by Crippen LogP contribution is -2.52. The van der Waals surface area contributed by atoms with Crippen molar-refractivity contribution in [2.45, 2.75) is 44.2 Å². The molecular weight excluding hydrogens is 242 g/mol. The maximum absolute atomic E-state index is 10.6. The van der Waals surface area contributed by atoms with Crippen molar-refractivity contribution < 1.29 is 14.3 Å². The first kappa shape index (κ1) is 12.9. The molecule has 1 aliphatic carbocycles. The number of hydrogen-bond donors (Lipinski definition) is 1. The molecule has 2 heterocycles. The number of fused-ring (bicyclic) bond motifs is 1. The highest BCUT2D eigenvalue weighted by Crippen LogP contribution is 2.40. The van der Waals surface area contributed by atoms with Crippen molar-refractivity contribution in [3.63, 3.8) is 0 Å². The van der Waals surface area contributed by atoms with E-state index in [4.69, 9.17) is 4.42 Å². The van der Waals surface area contributed by atoms with Crippen molar-refractivity contribution in [3.05, 3.63) is 23.7 Å². The summed E-state index contributed by atoms with van der Waals surface area (Å²) in [7, 11) is 0. The number of carbonyl (C=O) groups excluding carboxylic acids is 1. The van der Waals surface area contributed by atoms with E-state index in [1.807, 2.05) is 6.07 Å². The Morgan fingerprint density at radius 1 is 1.42 bits per heavy atom. The summed E-state index contributed by atoms with van der Waals surface area (Å²) in [6.45, 7) is 2.58. The van der Waals surface area contributed by atoms with Crippen LogP contribution in [0.2, 0.25) is 0 Å². The Balaban J connectivity index is 1.63. The number of likely N-dealkylation sites (tertiary alicyclic amines) is 1. The normalized spacial score (nSPS) is 31.9. The molecule has 4 nitrogen and oxygen atoms in total. The Bertz CT molecular complexity index is 456. The van der Waals surface area contributed by atoms with Crippen LogP contribution in [-0.4, -0.2) is 35.0 Å². The molecule has 2 fully saturated rings. The van der Waals surface area contributed by atoms with Crippen LogP contribution in [0.3, 0.4) is 0 Å². The van der Waals surface area contributed by atoms with Gasteiger partial charge in [0.25, 0.3) is 0 Å². The summed E-state index contributed by atoms with van der Waals surface area (Å²) in [5, 5.41) is 10.6. The summed E-state index contributed by atoms with van der Waals surface area (Å²) in [5.41, 5.74) is -0.425. The highest BCUT2D eigenvalue weighted by atomic mass is 16.3. The van der Waals surface area contributed by atoms with E-state index >= 15 is 0 Å². The maximum atomic E-state index is 10.6. The molecule has 0 aromatic carbocycles. The van der Waals surface area contributed by atoms with E-state index in [0.29, 0.717) is 11.7 Å². The van der Waals surface area contributed by atoms with Crippen molar-refractivity contribution >= 4 is 6.29 Å². The van der Waals surface area contributed by atoms with Crippen molar-refractivity contribution in [1.29, 1.82) is 0 Å². The molecule has 1 N–H and O–H groups in total. The number of aldehydes is 1. The number of carbonyl (C=O) groups is 1. The second kappa shape index (κ2) is 5.10. The van der Waals surface area contributed by atoms with Gasteiger partial charge < -0.3 is 9.52 Å². The standard InChI is InChI=1S/C15H21NO3/c17-11-14-5-4-13(19-14)10-16-8-7-15(18)6-2-1-3-12(15)9-16/h4-5,11-12,18H,1-3,6-10H2. The molecule has 2 aliphatic rings. The van der Waals surface area contributed by atoms with Gasteiger partial charge in [-0.1, -0.05) is 12.8 Å². The van der Waals surface area contributed by atoms with Gasteiger partial charge >= 0.3 is 0 Å². The Morgan fingerprint density at radius 3 is 3.11 bits per heavy atom. The topological polar surface area (TPSA) is 53.7 Å². The van der Waals surface area contributed by atoms with Crippen LogP contribution in [0.5, 0.6) is 0 Å². The monoisotopic (exact) mass is 263 g/mol. The van der Waals surface area contributed by atoms with E-state index in [-0.39, 0.29) is 0 Å². The van der Waals surface area contributed by atoms with E-state index in [1.54, 1.807) is 6.07 Å². The van der Waals surface area contributed by atoms with Crippen LogP contribution in [0.25, 0.3) is 0 Å². The van der Waals surface area contributed by atoms with Gasteiger partial charge in [-0.15, -0.1) is 0 Å². The van der Waals surface area contributed by atoms with Gasteiger partial charge in [0.1, 0.15) is 5.76 Å². The summed E-state index contributed by atoms with van der Waals surface area (Å²) in [5.74, 6) is 1.63. The lowest BCUT2D eigenvalue weighted by Gasteiger charge is -2.47. The smallest absolute Gasteiger partial charge is 0.185 e. The van der Waals surface area contributed by atoms with E-state index in [2.05, 4.69) is 4.90 Å². The molecule has 4 heteroatoms. The molecule has 2 atom stereocenters. The van der Waals surface area contributed by atoms with Crippen molar-refractivity contribution in [2.24, 2.45) is 5.92 Å². The minimum atomic E-state index is -0.425. The Hall–Kier alpha value is -1.13. The molecule has 1 aliphatic heterocycles. The molecule has 0 radical (unpaired) electrons. The average molecular weight is 263 g/mol. The van der Waals surface area contributed by atoms with E-state index < -0.39 is 5.60 Å². The summed E-state index contributed by atoms with van der Waals surface area (Å²) >= 11 is 0. The molecule has 1 aromatic heterocycles. The van der Waals surface area contributed by atoms with Crippen LogP contribution in [0, 0.1) is 5.92 Å². The first-order valence-electron chi connectivity index (χ1n) is 7.18. The largest absolute Gasteiger partial charge is 0.457 e. The minimum Gasteiger partial charge on any atom is -0.457 e. The summed E-state index contributed by atoms with van der Waals surface area (Å²) in [6.07, 6.45) is 6.08. The van der Waals surface area contributed by atoms with Crippen LogP contribution in [0.4, 0.5) is 0 Å². The fourth-order valence-corrected chi connectivity index (χ4v) is 3.55. The highest BCUT2D eigenvalue weighted by molar-refractivity contribution is 5.70. The molecule has 3 rings (SSSR count). The van der Waals surface area contributed by atoms with E-state index in [1.165, 1.54) is 6.42 Å². The minimum absolute atomic E-state index is 0.390. The molecular formula is C15H21NO3. The fourth-order valence-electron chi connectivity index (χ4n) is 3.55. The lowest BCUT2D eigenvalue weighted by molar-refractivity contribution is -0.0975. The Morgan fingerprint density at radius 2 is 2.32 bits per heavy atom. The number of piperidine rings is 1. The molecule has 0 bridgehead atoms. The Kier molecular flexibility index (Phi) is 3.46. The molecule has 1 aromatic rings. The second-order valence-corrected chi connectivity index (χ2v) is 5.95. The van der Waals surface area contributed by atoms with E-state index in [0.717, 1.165) is 57.4 Å². The molecule has 0 spiro atoms. The van der Waals surface area contributed by atoms with Gasteiger partial charge in [-0.2, -0.15) is 0 Å². The molecule has 2 unspecified atom stereocenters. The predicted octanol–water partition coefficient (Wildman–Crippen LogP) is 2.22. The second-order valence-electron chi connectivity index (χ2n) is 5.95. The summed E-state index contributed by atoms with van der Waals surface area (Å²) in [6, 6.07) is 3.58. The average Bonchev–Trinajstić information content (AvgIpc) is 2.87. The quantitative estimate of drug-likeness (QED) is 0.850. The zero-order valence-electron chi connectivity index (χ0n) is 11.2. The van der Waals surface area contributed by atoms with Crippen LogP contribution in [-0.2, 0) is 6.54 Å². The van der Waals surface area contributed by atoms with Gasteiger partial charge in [0.15, 0.2) is 12.0 Å². The number of aliphatic hydroxyl groups is 1. The number of furan rings is 1. The van der Waals surface area contributed by atoms with Gasteiger partial charge in [0.2, 0.25) is 0 Å². The van der Waals surface area contributed by atoms with Crippen LogP contribution in [0.15, 0.2) is 16.5 Å². The van der Waals surface area contributed by atoms with Crippen molar-refractivity contribution in [3.8, 4) is 0 Å². The third-order valence-electron chi connectivity index (χ3n) is 4.69. The van der Waals surface area contributed by atoms with Gasteiger partial charge in [-0.05, 0) is 31.4 Å². The Labute approximate surface area is 113 Å². The van der Waals surface area contributed by atoms with Crippen molar-refractivity contribution in [1.82, 2.24) is 4.90 Å². The lowest BCUT2D eigenvalue weighted by atomic mass is 9.71. The maximum Gasteiger partial charge on any atom is 0.185 e. The third kappa shape index (κ3) is 2.60. The zero-order valence-corrected chi connectivity index (χ0v) is 11.2. The van der Waals surface area contributed by atoms with Crippen LogP contribution >= 0.6 is 0 Å². The molecule has 19 heavy (non-hydrogen) atoms. The van der Waals surface area contributed by atoms with Crippen molar-refractivity contribution in [2.75, 3.05) is 13.1 Å². The van der Waals surface area contributed by atoms with Crippen LogP contribution < -0.4 is 0 Å². The first-order chi connectivity index (χ1) is 9.19. The molecule has 0 amide bonds. The molecule has 1 saturated heterocycles. The highest BCUT2D eigenvalue weighted by Gasteiger charge is 2.42. The predicted molar refractivity (Wildman–Crippen MR) is 70.9 cm³/mol.